The topological polar surface area (TPSA) is 26.3 Å². The van der Waals surface area contributed by atoms with Gasteiger partial charge < -0.3 is 4.74 Å². The third-order valence-corrected chi connectivity index (χ3v) is 3.56. The number of hydrogen-bond acceptors (Lipinski definition) is 3. The van der Waals surface area contributed by atoms with Gasteiger partial charge in [0.05, 0.1) is 0 Å². The van der Waals surface area contributed by atoms with Crippen LogP contribution < -0.4 is 0 Å². The summed E-state index contributed by atoms with van der Waals surface area (Å²) in [5.41, 5.74) is 0. The maximum atomic E-state index is 13.0. The number of rotatable bonds is 4. The fraction of sp³-hybridized carbons (Fsp3) is 0.300. The number of hydrogen-bond donors (Lipinski definition) is 0. The summed E-state index contributed by atoms with van der Waals surface area (Å²) >= 11 is 0.873. The third kappa shape index (κ3) is 2.02. The van der Waals surface area contributed by atoms with Crippen LogP contribution in [0.25, 0.3) is 0 Å². The molecule has 2 rings (SSSR count). The monoisotopic (exact) mass is 248 g/mol. The van der Waals surface area contributed by atoms with Gasteiger partial charge in [0.2, 0.25) is 0 Å². The molecular weight excluding hydrogens is 241 g/mol. The molecule has 0 bridgehead atoms. The van der Waals surface area contributed by atoms with Gasteiger partial charge in [-0.3, -0.25) is 4.79 Å². The molecular formula is C10H7F3O2S. The Labute approximate surface area is 93.8 Å². The lowest BCUT2D eigenvalue weighted by molar-refractivity contribution is -0.133. The molecule has 2 nitrogen and oxygen atoms in total. The molecule has 16 heavy (non-hydrogen) atoms. The highest BCUT2D eigenvalue weighted by Crippen LogP contribution is 2.54. The second-order valence-electron chi connectivity index (χ2n) is 3.32. The Morgan fingerprint density at radius 3 is 2.50 bits per heavy atom. The molecule has 0 aromatic heterocycles. The number of benzene rings is 1. The lowest BCUT2D eigenvalue weighted by atomic mass is 10.4. The van der Waals surface area contributed by atoms with Gasteiger partial charge in [-0.1, -0.05) is 0 Å². The number of alkyl halides is 2. The summed E-state index contributed by atoms with van der Waals surface area (Å²) in [6.07, 6.45) is -1.37. The van der Waals surface area contributed by atoms with E-state index in [9.17, 15) is 18.0 Å². The molecule has 2 unspecified atom stereocenters. The van der Waals surface area contributed by atoms with Gasteiger partial charge in [-0.25, -0.2) is 13.2 Å². The second-order valence-corrected chi connectivity index (χ2v) is 4.53. The Bertz CT molecular complexity index is 394. The first kappa shape index (κ1) is 11.3. The summed E-state index contributed by atoms with van der Waals surface area (Å²) in [5, 5.41) is -1.08. The van der Waals surface area contributed by atoms with E-state index in [4.69, 9.17) is 0 Å². The van der Waals surface area contributed by atoms with Crippen LogP contribution in [-0.4, -0.2) is 23.7 Å². The van der Waals surface area contributed by atoms with Crippen molar-refractivity contribution in [3.63, 3.8) is 0 Å². The first-order valence-electron chi connectivity index (χ1n) is 4.45. The summed E-state index contributed by atoms with van der Waals surface area (Å²) in [5.74, 6) is -3.42. The molecule has 1 saturated carbocycles. The Morgan fingerprint density at radius 2 is 1.94 bits per heavy atom. The molecule has 86 valence electrons. The van der Waals surface area contributed by atoms with E-state index >= 15 is 0 Å². The summed E-state index contributed by atoms with van der Waals surface area (Å²) in [7, 11) is 0. The largest absolute Gasteiger partial charge is 0.457 e. The normalized spacial score (nSPS) is 26.2. The minimum Gasteiger partial charge on any atom is -0.457 e. The molecule has 2 atom stereocenters. The fourth-order valence-electron chi connectivity index (χ4n) is 1.29. The summed E-state index contributed by atoms with van der Waals surface area (Å²) in [4.78, 5) is 10.5. The maximum Gasteiger partial charge on any atom is 0.301 e. The van der Waals surface area contributed by atoms with E-state index in [1.54, 1.807) is 0 Å². The number of halogens is 3. The van der Waals surface area contributed by atoms with Gasteiger partial charge in [0, 0.05) is 4.90 Å². The lowest BCUT2D eigenvalue weighted by Crippen LogP contribution is -2.01. The van der Waals surface area contributed by atoms with E-state index < -0.39 is 23.1 Å². The van der Waals surface area contributed by atoms with Gasteiger partial charge in [0.1, 0.15) is 11.1 Å². The zero-order valence-electron chi connectivity index (χ0n) is 7.90. The fourth-order valence-corrected chi connectivity index (χ4v) is 2.46. The number of ether oxygens (including phenoxy) is 1. The van der Waals surface area contributed by atoms with Gasteiger partial charge >= 0.3 is 5.92 Å². The van der Waals surface area contributed by atoms with E-state index in [2.05, 4.69) is 4.74 Å². The zero-order valence-corrected chi connectivity index (χ0v) is 8.72. The third-order valence-electron chi connectivity index (χ3n) is 2.20. The van der Waals surface area contributed by atoms with Crippen LogP contribution in [0.15, 0.2) is 29.2 Å². The number of carbonyl (C=O) groups is 1. The van der Waals surface area contributed by atoms with Crippen molar-refractivity contribution in [2.24, 2.45) is 0 Å². The molecule has 1 aliphatic carbocycles. The Kier molecular flexibility index (Phi) is 2.84. The van der Waals surface area contributed by atoms with E-state index in [1.165, 1.54) is 24.3 Å². The van der Waals surface area contributed by atoms with Gasteiger partial charge in [-0.05, 0) is 24.3 Å². The molecule has 6 heteroatoms. The van der Waals surface area contributed by atoms with Crippen molar-refractivity contribution >= 4 is 18.2 Å². The van der Waals surface area contributed by atoms with E-state index in [0.717, 1.165) is 11.8 Å². The molecule has 0 heterocycles. The molecule has 0 N–H and O–H groups in total. The SMILES string of the molecule is O=COC1C(Sc2ccc(F)cc2)C1(F)F. The molecule has 0 aliphatic heterocycles. The van der Waals surface area contributed by atoms with Gasteiger partial charge in [-0.2, -0.15) is 0 Å². The molecule has 0 amide bonds. The lowest BCUT2D eigenvalue weighted by Gasteiger charge is -1.98. The van der Waals surface area contributed by atoms with Crippen molar-refractivity contribution in [3.05, 3.63) is 30.1 Å². The van der Waals surface area contributed by atoms with Crippen LogP contribution in [0.4, 0.5) is 13.2 Å². The molecule has 1 aromatic carbocycles. The molecule has 1 aliphatic rings. The summed E-state index contributed by atoms with van der Waals surface area (Å²) in [6.45, 7) is 0.0177. The predicted molar refractivity (Wildman–Crippen MR) is 51.9 cm³/mol. The average molecular weight is 248 g/mol. The van der Waals surface area contributed by atoms with Crippen LogP contribution in [0, 0.1) is 5.82 Å². The van der Waals surface area contributed by atoms with Crippen LogP contribution in [-0.2, 0) is 9.53 Å². The highest BCUT2D eigenvalue weighted by molar-refractivity contribution is 8.00. The summed E-state index contributed by atoms with van der Waals surface area (Å²) in [6, 6.07) is 5.20. The molecule has 0 spiro atoms. The quantitative estimate of drug-likeness (QED) is 0.766. The smallest absolute Gasteiger partial charge is 0.301 e. The van der Waals surface area contributed by atoms with Crippen LogP contribution in [0.1, 0.15) is 0 Å². The highest BCUT2D eigenvalue weighted by Gasteiger charge is 2.71. The Hall–Kier alpha value is -1.17. The molecule has 0 saturated heterocycles. The van der Waals surface area contributed by atoms with Crippen molar-refractivity contribution in [2.75, 3.05) is 0 Å². The van der Waals surface area contributed by atoms with Gasteiger partial charge in [-0.15, -0.1) is 11.8 Å². The standard InChI is InChI=1S/C10H7F3O2S/c11-6-1-3-7(4-2-6)16-9-8(15-5-14)10(9,12)13/h1-5,8-9H. The minimum atomic E-state index is -3.00. The highest BCUT2D eigenvalue weighted by atomic mass is 32.2. The predicted octanol–water partition coefficient (Wildman–Crippen LogP) is 2.48. The van der Waals surface area contributed by atoms with E-state index in [-0.39, 0.29) is 6.47 Å². The van der Waals surface area contributed by atoms with Gasteiger partial charge in [0.25, 0.3) is 6.47 Å². The second kappa shape index (κ2) is 4.01. The molecule has 0 radical (unpaired) electrons. The van der Waals surface area contributed by atoms with Crippen molar-refractivity contribution in [2.45, 2.75) is 22.2 Å². The van der Waals surface area contributed by atoms with Crippen LogP contribution in [0.5, 0.6) is 0 Å². The Balaban J connectivity index is 2.01. The van der Waals surface area contributed by atoms with Crippen molar-refractivity contribution < 1.29 is 22.7 Å². The summed E-state index contributed by atoms with van der Waals surface area (Å²) < 4.78 is 42.9. The van der Waals surface area contributed by atoms with Crippen LogP contribution >= 0.6 is 11.8 Å². The first-order valence-corrected chi connectivity index (χ1v) is 5.33. The van der Waals surface area contributed by atoms with Crippen LogP contribution in [0.2, 0.25) is 0 Å². The van der Waals surface area contributed by atoms with Crippen LogP contribution in [0.3, 0.4) is 0 Å². The van der Waals surface area contributed by atoms with Crippen molar-refractivity contribution in [3.8, 4) is 0 Å². The Morgan fingerprint density at radius 1 is 1.31 bits per heavy atom. The number of carbonyl (C=O) groups excluding carboxylic acids is 1. The van der Waals surface area contributed by atoms with E-state index in [0.29, 0.717) is 4.90 Å². The molecule has 1 fully saturated rings. The minimum absolute atomic E-state index is 0.0177. The van der Waals surface area contributed by atoms with Crippen molar-refractivity contribution in [1.82, 2.24) is 0 Å². The maximum absolute atomic E-state index is 13.0. The van der Waals surface area contributed by atoms with Gasteiger partial charge in [0.15, 0.2) is 6.10 Å². The molecule has 1 aromatic rings. The van der Waals surface area contributed by atoms with Crippen molar-refractivity contribution in [1.29, 1.82) is 0 Å². The average Bonchev–Trinajstić information content (AvgIpc) is 2.74. The van der Waals surface area contributed by atoms with E-state index in [1.807, 2.05) is 0 Å². The zero-order chi connectivity index (χ0) is 11.8. The number of thioether (sulfide) groups is 1. The first-order chi connectivity index (χ1) is 7.55.